The Morgan fingerprint density at radius 2 is 1.90 bits per heavy atom. The second kappa shape index (κ2) is 9.58. The second-order valence-electron chi connectivity index (χ2n) is 6.49. The van der Waals surface area contributed by atoms with Crippen molar-refractivity contribution in [2.45, 2.75) is 11.7 Å². The molecule has 0 aromatic heterocycles. The number of amidine groups is 1. The van der Waals surface area contributed by atoms with Gasteiger partial charge in [0, 0.05) is 36.9 Å². The molecule has 0 unspecified atom stereocenters. The van der Waals surface area contributed by atoms with E-state index in [4.69, 9.17) is 11.6 Å². The summed E-state index contributed by atoms with van der Waals surface area (Å²) in [5, 5.41) is 13.8. The molecule has 3 rings (SSSR count). The van der Waals surface area contributed by atoms with Gasteiger partial charge in [-0.15, -0.1) is 5.10 Å². The first-order valence-electron chi connectivity index (χ1n) is 8.82. The number of hydrogen-bond acceptors (Lipinski definition) is 6. The molecule has 1 heterocycles. The third kappa shape index (κ3) is 6.07. The standard InChI is InChI=1S/C20H20ClN5O2S/c1-26(2)16-9-3-13(4-10-16)12-22-25-20-24-18(27)11-17(29-20)19(28)23-15-7-5-14(21)6-8-15/h3-10,12,17H,11H2,1-2H3,(H,23,28)(H,24,25,27)/b22-12-/t17-/m1/s1. The van der Waals surface area contributed by atoms with Gasteiger partial charge < -0.3 is 15.5 Å². The molecule has 0 saturated carbocycles. The number of anilines is 2. The number of thioether (sulfide) groups is 1. The van der Waals surface area contributed by atoms with E-state index in [-0.39, 0.29) is 18.2 Å². The normalized spacial score (nSPS) is 18.0. The summed E-state index contributed by atoms with van der Waals surface area (Å²) >= 11 is 7.02. The fraction of sp³-hybridized carbons (Fsp3) is 0.200. The molecule has 2 aromatic rings. The first kappa shape index (κ1) is 20.9. The molecule has 0 aliphatic carbocycles. The van der Waals surface area contributed by atoms with E-state index in [2.05, 4.69) is 20.8 Å². The molecule has 7 nitrogen and oxygen atoms in total. The summed E-state index contributed by atoms with van der Waals surface area (Å²) in [4.78, 5) is 26.4. The maximum absolute atomic E-state index is 12.5. The fourth-order valence-corrected chi connectivity index (χ4v) is 3.57. The van der Waals surface area contributed by atoms with E-state index in [1.165, 1.54) is 11.8 Å². The van der Waals surface area contributed by atoms with Gasteiger partial charge in [0.1, 0.15) is 5.25 Å². The van der Waals surface area contributed by atoms with Gasteiger partial charge in [-0.2, -0.15) is 5.10 Å². The van der Waals surface area contributed by atoms with Gasteiger partial charge in [0.15, 0.2) is 5.17 Å². The SMILES string of the molecule is CN(C)c1ccc(/C=N\N=C2NC(=O)C[C@H](C(=O)Nc3ccc(Cl)cc3)S2)cc1. The summed E-state index contributed by atoms with van der Waals surface area (Å²) in [5.74, 6) is -0.549. The van der Waals surface area contributed by atoms with Crippen molar-refractivity contribution in [1.82, 2.24) is 5.32 Å². The Bertz CT molecular complexity index is 942. The minimum absolute atomic E-state index is 0.0683. The largest absolute Gasteiger partial charge is 0.378 e. The molecule has 0 bridgehead atoms. The fourth-order valence-electron chi connectivity index (χ4n) is 2.50. The zero-order valence-corrected chi connectivity index (χ0v) is 17.5. The number of amides is 2. The van der Waals surface area contributed by atoms with Gasteiger partial charge in [-0.05, 0) is 42.0 Å². The predicted octanol–water partition coefficient (Wildman–Crippen LogP) is 3.36. The van der Waals surface area contributed by atoms with Crippen LogP contribution in [0.5, 0.6) is 0 Å². The van der Waals surface area contributed by atoms with Crippen LogP contribution in [0.1, 0.15) is 12.0 Å². The highest BCUT2D eigenvalue weighted by Crippen LogP contribution is 2.23. The minimum Gasteiger partial charge on any atom is -0.378 e. The zero-order chi connectivity index (χ0) is 20.8. The number of hydrogen-bond donors (Lipinski definition) is 2. The van der Waals surface area contributed by atoms with Crippen molar-refractivity contribution in [3.8, 4) is 0 Å². The Balaban J connectivity index is 1.63. The molecule has 1 fully saturated rings. The maximum Gasteiger partial charge on any atom is 0.238 e. The van der Waals surface area contributed by atoms with Crippen molar-refractivity contribution < 1.29 is 9.59 Å². The second-order valence-corrected chi connectivity index (χ2v) is 8.12. The average molecular weight is 430 g/mol. The van der Waals surface area contributed by atoms with Gasteiger partial charge in [-0.1, -0.05) is 35.5 Å². The molecule has 9 heteroatoms. The van der Waals surface area contributed by atoms with Crippen LogP contribution in [-0.4, -0.2) is 42.5 Å². The van der Waals surface area contributed by atoms with Gasteiger partial charge >= 0.3 is 0 Å². The van der Waals surface area contributed by atoms with Crippen LogP contribution >= 0.6 is 23.4 Å². The molecule has 1 aliphatic rings. The van der Waals surface area contributed by atoms with Gasteiger partial charge in [0.2, 0.25) is 11.8 Å². The Kier molecular flexibility index (Phi) is 6.90. The Morgan fingerprint density at radius 3 is 2.55 bits per heavy atom. The number of halogens is 1. The molecular weight excluding hydrogens is 410 g/mol. The zero-order valence-electron chi connectivity index (χ0n) is 15.9. The lowest BCUT2D eigenvalue weighted by Crippen LogP contribution is -2.41. The third-order valence-electron chi connectivity index (χ3n) is 4.04. The summed E-state index contributed by atoms with van der Waals surface area (Å²) in [6, 6.07) is 14.6. The first-order chi connectivity index (χ1) is 13.9. The molecule has 29 heavy (non-hydrogen) atoms. The van der Waals surface area contributed by atoms with Crippen LogP contribution in [0, 0.1) is 0 Å². The van der Waals surface area contributed by atoms with Crippen molar-refractivity contribution >= 4 is 57.9 Å². The average Bonchev–Trinajstić information content (AvgIpc) is 2.69. The van der Waals surface area contributed by atoms with Crippen molar-refractivity contribution in [3.05, 3.63) is 59.1 Å². The lowest BCUT2D eigenvalue weighted by atomic mass is 10.2. The Labute approximate surface area is 178 Å². The number of nitrogens with one attached hydrogen (secondary N) is 2. The molecule has 1 aliphatic heterocycles. The van der Waals surface area contributed by atoms with Gasteiger partial charge in [0.05, 0.1) is 6.21 Å². The highest BCUT2D eigenvalue weighted by atomic mass is 35.5. The summed E-state index contributed by atoms with van der Waals surface area (Å²) in [6.07, 6.45) is 1.66. The molecular formula is C20H20ClN5O2S. The highest BCUT2D eigenvalue weighted by Gasteiger charge is 2.30. The quantitative estimate of drug-likeness (QED) is 0.563. The highest BCUT2D eigenvalue weighted by molar-refractivity contribution is 8.15. The number of carbonyl (C=O) groups excluding carboxylic acids is 2. The third-order valence-corrected chi connectivity index (χ3v) is 5.36. The van der Waals surface area contributed by atoms with Crippen LogP contribution < -0.4 is 15.5 Å². The molecule has 0 spiro atoms. The molecule has 150 valence electrons. The van der Waals surface area contributed by atoms with E-state index in [9.17, 15) is 9.59 Å². The Hall–Kier alpha value is -2.84. The summed E-state index contributed by atoms with van der Waals surface area (Å²) in [7, 11) is 3.94. The smallest absolute Gasteiger partial charge is 0.238 e. The Morgan fingerprint density at radius 1 is 1.21 bits per heavy atom. The molecule has 1 saturated heterocycles. The predicted molar refractivity (Wildman–Crippen MR) is 120 cm³/mol. The van der Waals surface area contributed by atoms with Crippen LogP contribution in [0.2, 0.25) is 5.02 Å². The van der Waals surface area contributed by atoms with E-state index in [1.54, 1.807) is 30.5 Å². The van der Waals surface area contributed by atoms with Crippen molar-refractivity contribution in [2.24, 2.45) is 10.2 Å². The summed E-state index contributed by atoms with van der Waals surface area (Å²) in [6.45, 7) is 0. The number of benzene rings is 2. The van der Waals surface area contributed by atoms with E-state index in [1.807, 2.05) is 43.3 Å². The van der Waals surface area contributed by atoms with E-state index in [0.717, 1.165) is 11.3 Å². The molecule has 1 atom stereocenters. The number of nitrogens with zero attached hydrogens (tertiary/aromatic N) is 3. The van der Waals surface area contributed by atoms with Crippen molar-refractivity contribution in [2.75, 3.05) is 24.3 Å². The van der Waals surface area contributed by atoms with Crippen LogP contribution in [0.4, 0.5) is 11.4 Å². The van der Waals surface area contributed by atoms with Crippen LogP contribution in [0.3, 0.4) is 0 Å². The lowest BCUT2D eigenvalue weighted by Gasteiger charge is -2.21. The number of rotatable bonds is 5. The molecule has 2 N–H and O–H groups in total. The van der Waals surface area contributed by atoms with Crippen LogP contribution in [-0.2, 0) is 9.59 Å². The van der Waals surface area contributed by atoms with Crippen LogP contribution in [0.15, 0.2) is 58.7 Å². The molecule has 2 amide bonds. The van der Waals surface area contributed by atoms with Crippen molar-refractivity contribution in [3.63, 3.8) is 0 Å². The minimum atomic E-state index is -0.590. The van der Waals surface area contributed by atoms with Gasteiger partial charge in [0.25, 0.3) is 0 Å². The first-order valence-corrected chi connectivity index (χ1v) is 10.1. The lowest BCUT2D eigenvalue weighted by molar-refractivity contribution is -0.123. The maximum atomic E-state index is 12.5. The summed E-state index contributed by atoms with van der Waals surface area (Å²) < 4.78 is 0. The van der Waals surface area contributed by atoms with E-state index >= 15 is 0 Å². The van der Waals surface area contributed by atoms with Gasteiger partial charge in [-0.25, -0.2) is 0 Å². The van der Waals surface area contributed by atoms with Crippen LogP contribution in [0.25, 0.3) is 0 Å². The topological polar surface area (TPSA) is 86.2 Å². The van der Waals surface area contributed by atoms with E-state index < -0.39 is 5.25 Å². The van der Waals surface area contributed by atoms with Gasteiger partial charge in [-0.3, -0.25) is 9.59 Å². The monoisotopic (exact) mass is 429 g/mol. The number of carbonyl (C=O) groups is 2. The summed E-state index contributed by atoms with van der Waals surface area (Å²) in [5.41, 5.74) is 2.57. The van der Waals surface area contributed by atoms with Crippen molar-refractivity contribution in [1.29, 1.82) is 0 Å². The molecule has 0 radical (unpaired) electrons. The molecule has 2 aromatic carbocycles. The van der Waals surface area contributed by atoms with E-state index in [0.29, 0.717) is 15.9 Å².